The van der Waals surface area contributed by atoms with E-state index in [0.29, 0.717) is 5.54 Å². The Labute approximate surface area is 115 Å². The summed E-state index contributed by atoms with van der Waals surface area (Å²) in [7, 11) is 0. The highest BCUT2D eigenvalue weighted by Crippen LogP contribution is 2.27. The normalized spacial score (nSPS) is 26.2. The topological polar surface area (TPSA) is 15.3 Å². The molecule has 2 atom stereocenters. The van der Waals surface area contributed by atoms with Gasteiger partial charge in [-0.1, -0.05) is 40.5 Å². The molecule has 2 heteroatoms. The lowest BCUT2D eigenvalue weighted by Gasteiger charge is -2.50. The van der Waals surface area contributed by atoms with Crippen molar-refractivity contribution in [1.82, 2.24) is 10.2 Å². The van der Waals surface area contributed by atoms with Crippen molar-refractivity contribution in [2.45, 2.75) is 90.8 Å². The van der Waals surface area contributed by atoms with E-state index in [0.717, 1.165) is 12.1 Å². The monoisotopic (exact) mass is 254 g/mol. The second-order valence-corrected chi connectivity index (χ2v) is 6.12. The molecular weight excluding hydrogens is 220 g/mol. The van der Waals surface area contributed by atoms with Gasteiger partial charge in [0.25, 0.3) is 0 Å². The lowest BCUT2D eigenvalue weighted by Crippen LogP contribution is -2.65. The van der Waals surface area contributed by atoms with Crippen LogP contribution < -0.4 is 5.32 Å². The van der Waals surface area contributed by atoms with E-state index in [2.05, 4.69) is 44.8 Å². The van der Waals surface area contributed by atoms with Gasteiger partial charge >= 0.3 is 0 Å². The summed E-state index contributed by atoms with van der Waals surface area (Å²) in [5.74, 6) is 0. The summed E-state index contributed by atoms with van der Waals surface area (Å²) in [6.45, 7) is 14.1. The molecule has 1 rings (SSSR count). The molecule has 108 valence electrons. The zero-order chi connectivity index (χ0) is 13.6. The molecule has 0 aliphatic carbocycles. The van der Waals surface area contributed by atoms with Crippen LogP contribution in [0.4, 0.5) is 0 Å². The average Bonchev–Trinajstić information content (AvgIpc) is 2.40. The van der Waals surface area contributed by atoms with Crippen LogP contribution in [0.25, 0.3) is 0 Å². The highest BCUT2D eigenvalue weighted by atomic mass is 15.3. The molecule has 18 heavy (non-hydrogen) atoms. The minimum absolute atomic E-state index is 0.367. The first-order valence-corrected chi connectivity index (χ1v) is 8.13. The summed E-state index contributed by atoms with van der Waals surface area (Å²) in [5.41, 5.74) is 0.367. The summed E-state index contributed by atoms with van der Waals surface area (Å²) in [6.07, 6.45) is 7.77. The van der Waals surface area contributed by atoms with Gasteiger partial charge in [0.15, 0.2) is 0 Å². The predicted octanol–water partition coefficient (Wildman–Crippen LogP) is 3.81. The van der Waals surface area contributed by atoms with Crippen LogP contribution in [0.15, 0.2) is 0 Å². The van der Waals surface area contributed by atoms with Gasteiger partial charge in [0.1, 0.15) is 0 Å². The lowest BCUT2D eigenvalue weighted by atomic mass is 9.86. The second-order valence-electron chi connectivity index (χ2n) is 6.12. The quantitative estimate of drug-likeness (QED) is 0.743. The number of hydrogen-bond acceptors (Lipinski definition) is 2. The van der Waals surface area contributed by atoms with E-state index in [-0.39, 0.29) is 0 Å². The van der Waals surface area contributed by atoms with Gasteiger partial charge in [0, 0.05) is 30.7 Å². The number of nitrogens with zero attached hydrogens (tertiary/aromatic N) is 1. The van der Waals surface area contributed by atoms with Crippen LogP contribution in [0.1, 0.15) is 73.1 Å². The van der Waals surface area contributed by atoms with Gasteiger partial charge in [-0.15, -0.1) is 0 Å². The number of nitrogens with one attached hydrogen (secondary N) is 1. The summed E-state index contributed by atoms with van der Waals surface area (Å²) in [4.78, 5) is 2.80. The zero-order valence-corrected chi connectivity index (χ0v) is 13.3. The van der Waals surface area contributed by atoms with Crippen LogP contribution >= 0.6 is 0 Å². The molecule has 0 spiro atoms. The minimum Gasteiger partial charge on any atom is -0.308 e. The molecule has 0 amide bonds. The molecule has 2 unspecified atom stereocenters. The van der Waals surface area contributed by atoms with Gasteiger partial charge in [-0.05, 0) is 32.6 Å². The van der Waals surface area contributed by atoms with Crippen LogP contribution in [-0.4, -0.2) is 35.6 Å². The Bertz CT molecular complexity index is 223. The molecule has 1 heterocycles. The van der Waals surface area contributed by atoms with Gasteiger partial charge in [-0.25, -0.2) is 0 Å². The average molecular weight is 254 g/mol. The summed E-state index contributed by atoms with van der Waals surface area (Å²) >= 11 is 0. The maximum Gasteiger partial charge on any atom is 0.0304 e. The highest BCUT2D eigenvalue weighted by Gasteiger charge is 2.37. The van der Waals surface area contributed by atoms with Gasteiger partial charge in [-0.2, -0.15) is 0 Å². The van der Waals surface area contributed by atoms with Gasteiger partial charge in [-0.3, -0.25) is 4.90 Å². The van der Waals surface area contributed by atoms with Crippen molar-refractivity contribution in [2.24, 2.45) is 0 Å². The van der Waals surface area contributed by atoms with Crippen molar-refractivity contribution in [1.29, 1.82) is 0 Å². The second kappa shape index (κ2) is 7.49. The third-order valence-electron chi connectivity index (χ3n) is 4.91. The highest BCUT2D eigenvalue weighted by molar-refractivity contribution is 4.97. The Balaban J connectivity index is 2.75. The van der Waals surface area contributed by atoms with Crippen LogP contribution in [0.2, 0.25) is 0 Å². The van der Waals surface area contributed by atoms with Crippen molar-refractivity contribution in [3.8, 4) is 0 Å². The molecule has 0 aromatic carbocycles. The fourth-order valence-corrected chi connectivity index (χ4v) is 3.41. The van der Waals surface area contributed by atoms with E-state index < -0.39 is 0 Å². The van der Waals surface area contributed by atoms with E-state index in [1.807, 2.05) is 0 Å². The maximum atomic E-state index is 3.85. The van der Waals surface area contributed by atoms with E-state index >= 15 is 0 Å². The Morgan fingerprint density at radius 2 is 1.83 bits per heavy atom. The lowest BCUT2D eigenvalue weighted by molar-refractivity contribution is 0.0351. The molecule has 1 fully saturated rings. The number of hydrogen-bond donors (Lipinski definition) is 1. The van der Waals surface area contributed by atoms with Crippen LogP contribution in [-0.2, 0) is 0 Å². The smallest absolute Gasteiger partial charge is 0.0304 e. The molecular formula is C16H34N2. The Kier molecular flexibility index (Phi) is 6.65. The molecule has 1 N–H and O–H groups in total. The fraction of sp³-hybridized carbons (Fsp3) is 1.00. The standard InChI is InChI=1S/C16H34N2/c1-6-10-14(5)18-13-16(8-3,9-4)17-12-15(18)11-7-2/h14-15,17H,6-13H2,1-5H3. The Morgan fingerprint density at radius 3 is 2.33 bits per heavy atom. The van der Waals surface area contributed by atoms with Crippen molar-refractivity contribution < 1.29 is 0 Å². The van der Waals surface area contributed by atoms with Crippen LogP contribution in [0.5, 0.6) is 0 Å². The maximum absolute atomic E-state index is 3.85. The molecule has 0 saturated carbocycles. The predicted molar refractivity (Wildman–Crippen MR) is 81.1 cm³/mol. The molecule has 0 bridgehead atoms. The molecule has 0 aromatic rings. The zero-order valence-electron chi connectivity index (χ0n) is 13.3. The van der Waals surface area contributed by atoms with Crippen molar-refractivity contribution in [2.75, 3.05) is 13.1 Å². The summed E-state index contributed by atoms with van der Waals surface area (Å²) in [6, 6.07) is 1.49. The number of rotatable bonds is 7. The first kappa shape index (κ1) is 16.0. The van der Waals surface area contributed by atoms with E-state index in [1.54, 1.807) is 0 Å². The van der Waals surface area contributed by atoms with Crippen LogP contribution in [0, 0.1) is 0 Å². The first-order valence-electron chi connectivity index (χ1n) is 8.13. The van der Waals surface area contributed by atoms with Gasteiger partial charge in [0.2, 0.25) is 0 Å². The SMILES string of the molecule is CCCC(C)N1CC(CC)(CC)NCC1CCC. The van der Waals surface area contributed by atoms with E-state index in [9.17, 15) is 0 Å². The van der Waals surface area contributed by atoms with E-state index in [4.69, 9.17) is 0 Å². The molecule has 0 aromatic heterocycles. The molecule has 0 radical (unpaired) electrons. The molecule has 2 nitrogen and oxygen atoms in total. The fourth-order valence-electron chi connectivity index (χ4n) is 3.41. The molecule has 1 aliphatic rings. The van der Waals surface area contributed by atoms with Crippen LogP contribution in [0.3, 0.4) is 0 Å². The van der Waals surface area contributed by atoms with Crippen molar-refractivity contribution in [3.63, 3.8) is 0 Å². The van der Waals surface area contributed by atoms with E-state index in [1.165, 1.54) is 51.6 Å². The number of piperazine rings is 1. The largest absolute Gasteiger partial charge is 0.308 e. The van der Waals surface area contributed by atoms with Crippen molar-refractivity contribution >= 4 is 0 Å². The third kappa shape index (κ3) is 3.71. The van der Waals surface area contributed by atoms with Gasteiger partial charge < -0.3 is 5.32 Å². The minimum atomic E-state index is 0.367. The third-order valence-corrected chi connectivity index (χ3v) is 4.91. The van der Waals surface area contributed by atoms with Gasteiger partial charge in [0.05, 0.1) is 0 Å². The summed E-state index contributed by atoms with van der Waals surface area (Å²) < 4.78 is 0. The Hall–Kier alpha value is -0.0800. The molecule has 1 saturated heterocycles. The first-order chi connectivity index (χ1) is 8.62. The molecule has 1 aliphatic heterocycles. The Morgan fingerprint density at radius 1 is 1.17 bits per heavy atom. The van der Waals surface area contributed by atoms with Crippen molar-refractivity contribution in [3.05, 3.63) is 0 Å². The summed E-state index contributed by atoms with van der Waals surface area (Å²) in [5, 5.41) is 3.85.